The summed E-state index contributed by atoms with van der Waals surface area (Å²) in [6, 6.07) is 13.3. The van der Waals surface area contributed by atoms with Gasteiger partial charge in [0.1, 0.15) is 0 Å². The summed E-state index contributed by atoms with van der Waals surface area (Å²) >= 11 is 0. The Bertz CT molecular complexity index is 809. The summed E-state index contributed by atoms with van der Waals surface area (Å²) < 4.78 is 0. The number of anilines is 3. The minimum atomic E-state index is -0.561. The number of rotatable bonds is 3. The predicted octanol–water partition coefficient (Wildman–Crippen LogP) is 2.12. The van der Waals surface area contributed by atoms with Crippen molar-refractivity contribution >= 4 is 23.1 Å². The maximum absolute atomic E-state index is 12.6. The highest BCUT2D eigenvalue weighted by atomic mass is 16.2. The Hall–Kier alpha value is -3.07. The second-order valence-electron chi connectivity index (χ2n) is 5.74. The van der Waals surface area contributed by atoms with Gasteiger partial charge in [0.15, 0.2) is 12.0 Å². The molecule has 1 amide bonds. The van der Waals surface area contributed by atoms with Gasteiger partial charge in [0.05, 0.1) is 17.3 Å². The fourth-order valence-corrected chi connectivity index (χ4v) is 2.72. The smallest absolute Gasteiger partial charge is 0.264 e. The van der Waals surface area contributed by atoms with Crippen LogP contribution in [0.2, 0.25) is 0 Å². The highest BCUT2D eigenvalue weighted by molar-refractivity contribution is 5.96. The predicted molar refractivity (Wildman–Crippen MR) is 86.1 cm³/mol. The largest absolute Gasteiger partial charge is 0.354 e. The van der Waals surface area contributed by atoms with Gasteiger partial charge < -0.3 is 10.6 Å². The molecule has 1 aromatic carbocycles. The van der Waals surface area contributed by atoms with E-state index < -0.39 is 6.17 Å². The maximum atomic E-state index is 12.6. The zero-order valence-corrected chi connectivity index (χ0v) is 12.4. The van der Waals surface area contributed by atoms with Crippen LogP contribution in [0.1, 0.15) is 18.4 Å². The molecule has 1 fully saturated rings. The summed E-state index contributed by atoms with van der Waals surface area (Å²) in [5.74, 6) is 0.617. The summed E-state index contributed by atoms with van der Waals surface area (Å²) in [4.78, 5) is 18.8. The molecule has 23 heavy (non-hydrogen) atoms. The second-order valence-corrected chi connectivity index (χ2v) is 5.74. The Morgan fingerprint density at radius 3 is 3.00 bits per heavy atom. The third-order valence-electron chi connectivity index (χ3n) is 3.99. The number of carbonyl (C=O) groups is 1. The van der Waals surface area contributed by atoms with Crippen molar-refractivity contribution in [3.05, 3.63) is 48.2 Å². The van der Waals surface area contributed by atoms with Gasteiger partial charge in [-0.1, -0.05) is 6.07 Å². The fraction of sp³-hybridized carbons (Fsp3) is 0.235. The van der Waals surface area contributed by atoms with E-state index in [2.05, 4.69) is 21.7 Å². The molecule has 0 saturated heterocycles. The Balaban J connectivity index is 1.74. The van der Waals surface area contributed by atoms with Crippen LogP contribution >= 0.6 is 0 Å². The summed E-state index contributed by atoms with van der Waals surface area (Å²) in [7, 11) is 0. The zero-order chi connectivity index (χ0) is 15.8. The third-order valence-corrected chi connectivity index (χ3v) is 3.99. The Morgan fingerprint density at radius 1 is 1.35 bits per heavy atom. The van der Waals surface area contributed by atoms with E-state index in [9.17, 15) is 4.79 Å². The van der Waals surface area contributed by atoms with Crippen LogP contribution in [-0.2, 0) is 4.79 Å². The van der Waals surface area contributed by atoms with Gasteiger partial charge in [-0.15, -0.1) is 0 Å². The average Bonchev–Trinajstić information content (AvgIpc) is 3.31. The molecular formula is C17H15N5O. The number of amides is 1. The number of carbonyl (C=O) groups excluding carboxylic acids is 1. The number of fused-ring (bicyclic) bond motifs is 1. The van der Waals surface area contributed by atoms with Crippen molar-refractivity contribution in [2.45, 2.75) is 25.0 Å². The fourth-order valence-electron chi connectivity index (χ4n) is 2.72. The highest BCUT2D eigenvalue weighted by Gasteiger charge is 2.38. The van der Waals surface area contributed by atoms with Crippen molar-refractivity contribution in [2.75, 3.05) is 10.2 Å². The lowest BCUT2D eigenvalue weighted by atomic mass is 10.2. The van der Waals surface area contributed by atoms with E-state index >= 15 is 0 Å². The summed E-state index contributed by atoms with van der Waals surface area (Å²) in [6.45, 7) is 0. The molecule has 0 radical (unpaired) electrons. The molecule has 1 aliphatic heterocycles. The molecule has 2 N–H and O–H groups in total. The first kappa shape index (κ1) is 13.6. The minimum Gasteiger partial charge on any atom is -0.354 e. The van der Waals surface area contributed by atoms with Crippen molar-refractivity contribution in [3.8, 4) is 6.07 Å². The van der Waals surface area contributed by atoms with Gasteiger partial charge in [0.25, 0.3) is 5.91 Å². The van der Waals surface area contributed by atoms with Gasteiger partial charge in [-0.05, 0) is 43.2 Å². The SMILES string of the molecule is N#Cc1cccc(N2c3ncccc3NC2C(=O)NC2CC2)c1. The van der Waals surface area contributed by atoms with E-state index in [1.54, 1.807) is 18.3 Å². The molecule has 1 aliphatic carbocycles. The molecule has 0 bridgehead atoms. The van der Waals surface area contributed by atoms with Gasteiger partial charge in [-0.2, -0.15) is 5.26 Å². The van der Waals surface area contributed by atoms with E-state index in [1.165, 1.54) is 0 Å². The zero-order valence-electron chi connectivity index (χ0n) is 12.4. The summed E-state index contributed by atoms with van der Waals surface area (Å²) in [6.07, 6.45) is 3.21. The molecule has 2 aliphatic rings. The summed E-state index contributed by atoms with van der Waals surface area (Å²) in [5.41, 5.74) is 2.13. The normalized spacial score (nSPS) is 18.7. The van der Waals surface area contributed by atoms with Crippen LogP contribution in [0.3, 0.4) is 0 Å². The van der Waals surface area contributed by atoms with Crippen LogP contribution in [0.4, 0.5) is 17.2 Å². The molecular weight excluding hydrogens is 290 g/mol. The van der Waals surface area contributed by atoms with Crippen LogP contribution in [0.15, 0.2) is 42.6 Å². The van der Waals surface area contributed by atoms with Crippen molar-refractivity contribution in [1.29, 1.82) is 5.26 Å². The Morgan fingerprint density at radius 2 is 2.22 bits per heavy atom. The van der Waals surface area contributed by atoms with Crippen molar-refractivity contribution in [3.63, 3.8) is 0 Å². The standard InChI is InChI=1S/C17H15N5O/c18-10-11-3-1-4-13(9-11)22-15-14(5-2-8-19-15)21-16(22)17(23)20-12-6-7-12/h1-5,8-9,12,16,21H,6-7H2,(H,20,23). The lowest BCUT2D eigenvalue weighted by Crippen LogP contribution is -2.47. The van der Waals surface area contributed by atoms with Gasteiger partial charge >= 0.3 is 0 Å². The van der Waals surface area contributed by atoms with Crippen LogP contribution in [0.5, 0.6) is 0 Å². The van der Waals surface area contributed by atoms with Crippen molar-refractivity contribution < 1.29 is 4.79 Å². The van der Waals surface area contributed by atoms with E-state index in [0.717, 1.165) is 24.2 Å². The van der Waals surface area contributed by atoms with Crippen LogP contribution < -0.4 is 15.5 Å². The lowest BCUT2D eigenvalue weighted by molar-refractivity contribution is -0.121. The third kappa shape index (κ3) is 2.46. The number of nitrogens with zero attached hydrogens (tertiary/aromatic N) is 3. The second kappa shape index (κ2) is 5.29. The van der Waals surface area contributed by atoms with Gasteiger partial charge in [0, 0.05) is 17.9 Å². The van der Waals surface area contributed by atoms with Crippen LogP contribution in [0.25, 0.3) is 0 Å². The van der Waals surface area contributed by atoms with E-state index in [4.69, 9.17) is 5.26 Å². The molecule has 1 saturated carbocycles. The van der Waals surface area contributed by atoms with Gasteiger partial charge in [0.2, 0.25) is 0 Å². The highest BCUT2D eigenvalue weighted by Crippen LogP contribution is 2.38. The molecule has 6 nitrogen and oxygen atoms in total. The van der Waals surface area contributed by atoms with Crippen LogP contribution in [-0.4, -0.2) is 23.1 Å². The Kier molecular flexibility index (Phi) is 3.12. The first-order chi connectivity index (χ1) is 11.3. The van der Waals surface area contributed by atoms with E-state index in [0.29, 0.717) is 11.4 Å². The summed E-state index contributed by atoms with van der Waals surface area (Å²) in [5, 5.41) is 15.4. The maximum Gasteiger partial charge on any atom is 0.264 e. The molecule has 0 spiro atoms. The first-order valence-corrected chi connectivity index (χ1v) is 7.57. The van der Waals surface area contributed by atoms with E-state index in [-0.39, 0.29) is 11.9 Å². The molecule has 1 aromatic heterocycles. The number of benzene rings is 1. The topological polar surface area (TPSA) is 81.1 Å². The molecule has 2 heterocycles. The lowest BCUT2D eigenvalue weighted by Gasteiger charge is -2.25. The number of aromatic nitrogens is 1. The first-order valence-electron chi connectivity index (χ1n) is 7.57. The molecule has 2 aromatic rings. The molecule has 114 valence electrons. The van der Waals surface area contributed by atoms with E-state index in [1.807, 2.05) is 29.2 Å². The number of nitrogens with one attached hydrogen (secondary N) is 2. The number of pyridine rings is 1. The molecule has 1 atom stereocenters. The number of nitriles is 1. The number of hydrogen-bond donors (Lipinski definition) is 2. The number of hydrogen-bond acceptors (Lipinski definition) is 5. The Labute approximate surface area is 133 Å². The molecule has 1 unspecified atom stereocenters. The average molecular weight is 305 g/mol. The quantitative estimate of drug-likeness (QED) is 0.908. The monoisotopic (exact) mass is 305 g/mol. The van der Waals surface area contributed by atoms with Gasteiger partial charge in [-0.25, -0.2) is 4.98 Å². The molecule has 6 heteroatoms. The van der Waals surface area contributed by atoms with Crippen molar-refractivity contribution in [1.82, 2.24) is 10.3 Å². The van der Waals surface area contributed by atoms with Gasteiger partial charge in [-0.3, -0.25) is 9.69 Å². The van der Waals surface area contributed by atoms with Crippen LogP contribution in [0, 0.1) is 11.3 Å². The van der Waals surface area contributed by atoms with Crippen molar-refractivity contribution in [2.24, 2.45) is 0 Å². The molecule has 4 rings (SSSR count). The minimum absolute atomic E-state index is 0.0761.